The topological polar surface area (TPSA) is 173 Å². The van der Waals surface area contributed by atoms with E-state index in [1.807, 2.05) is 75.4 Å². The fraction of sp³-hybridized carbons (Fsp3) is 0.558. The van der Waals surface area contributed by atoms with Crippen LogP contribution in [0.15, 0.2) is 60.7 Å². The third-order valence-electron chi connectivity index (χ3n) is 11.8. The van der Waals surface area contributed by atoms with Crippen molar-refractivity contribution in [1.82, 2.24) is 25.2 Å². The second-order valence-corrected chi connectivity index (χ2v) is 18.7. The summed E-state index contributed by atoms with van der Waals surface area (Å²) in [5.74, 6) is -3.35. The minimum Gasteiger partial charge on any atom is -0.472 e. The third-order valence-corrected chi connectivity index (χ3v) is 13.6. The Hall–Kier alpha value is -4.93. The Balaban J connectivity index is 0.00000208. The van der Waals surface area contributed by atoms with Crippen LogP contribution in [0.1, 0.15) is 90.8 Å². The maximum absolute atomic E-state index is 14.8. The molecule has 1 saturated heterocycles. The predicted molar refractivity (Wildman–Crippen MR) is 225 cm³/mol. The van der Waals surface area contributed by atoms with Gasteiger partial charge in [-0.2, -0.15) is 13.2 Å². The van der Waals surface area contributed by atoms with Crippen LogP contribution in [0.4, 0.5) is 18.0 Å². The van der Waals surface area contributed by atoms with E-state index in [-0.39, 0.29) is 35.5 Å². The molecule has 2 saturated carbocycles. The van der Waals surface area contributed by atoms with Gasteiger partial charge >= 0.3 is 12.3 Å². The van der Waals surface area contributed by atoms with Gasteiger partial charge in [0.05, 0.1) is 17.3 Å². The van der Waals surface area contributed by atoms with Crippen LogP contribution in [0.3, 0.4) is 0 Å². The zero-order valence-electron chi connectivity index (χ0n) is 34.7. The standard InChI is InChI=1S/C41H48F3N5O8S.C2H6.3H2/c1-23-11-5-6-12-25-21-40(25,37(52)48-58(54,55)27-17-18-27)47-34(50)32-20-26(56-35-30-15-8-7-13-28(30)29-14-9-10-16-31(29)45-35)22-49(32)36(51)33(24(2)19-23)46-38(53)57-39(3,4)41(42,43)44;1-2;;;/h6-10,12-16,23-27,32-33H,5,11,17-22H2,1-4H3,(H,46,53)(H,47,50)(H,48,52);1-2H3;3*1H/b12-6-;;;;/t23-,24-,25-,26-,32+,33+,40-;;;;/m1..../s1. The number of allylic oxidation sites excluding steroid dienone is 1. The van der Waals surface area contributed by atoms with Gasteiger partial charge in [-0.15, -0.1) is 0 Å². The molecule has 60 heavy (non-hydrogen) atoms. The van der Waals surface area contributed by atoms with E-state index in [9.17, 15) is 40.8 Å². The van der Waals surface area contributed by atoms with Gasteiger partial charge in [-0.1, -0.05) is 76.2 Å². The highest BCUT2D eigenvalue weighted by atomic mass is 32.2. The number of amides is 4. The lowest BCUT2D eigenvalue weighted by atomic mass is 9.88. The van der Waals surface area contributed by atoms with Crippen molar-refractivity contribution in [1.29, 1.82) is 0 Å². The molecule has 0 bridgehead atoms. The zero-order chi connectivity index (χ0) is 43.8. The number of nitrogens with one attached hydrogen (secondary N) is 3. The average molecular weight is 864 g/mol. The fourth-order valence-electron chi connectivity index (χ4n) is 8.06. The summed E-state index contributed by atoms with van der Waals surface area (Å²) in [5, 5.41) is 6.93. The lowest BCUT2D eigenvalue weighted by molar-refractivity contribution is -0.244. The molecule has 0 unspecified atom stereocenters. The van der Waals surface area contributed by atoms with Gasteiger partial charge < -0.3 is 25.0 Å². The molecule has 3 N–H and O–H groups in total. The third kappa shape index (κ3) is 9.35. The van der Waals surface area contributed by atoms with Crippen LogP contribution in [-0.2, 0) is 29.1 Å². The van der Waals surface area contributed by atoms with E-state index in [1.165, 1.54) is 4.90 Å². The molecule has 3 heterocycles. The van der Waals surface area contributed by atoms with Crippen molar-refractivity contribution < 1.29 is 54.5 Å². The van der Waals surface area contributed by atoms with Crippen molar-refractivity contribution in [3.63, 3.8) is 0 Å². The number of para-hydroxylation sites is 1. The van der Waals surface area contributed by atoms with Crippen LogP contribution in [-0.4, -0.2) is 89.4 Å². The number of hydrogen-bond acceptors (Lipinski definition) is 9. The number of sulfonamides is 1. The highest BCUT2D eigenvalue weighted by molar-refractivity contribution is 7.91. The van der Waals surface area contributed by atoms with E-state index in [4.69, 9.17) is 14.5 Å². The predicted octanol–water partition coefficient (Wildman–Crippen LogP) is 7.43. The molecule has 332 valence electrons. The van der Waals surface area contributed by atoms with Gasteiger partial charge in [0.1, 0.15) is 23.7 Å². The smallest absolute Gasteiger partial charge is 0.427 e. The zero-order valence-corrected chi connectivity index (χ0v) is 35.5. The van der Waals surface area contributed by atoms with Crippen LogP contribution < -0.4 is 20.1 Å². The Morgan fingerprint density at radius 1 is 0.967 bits per heavy atom. The number of benzene rings is 2. The van der Waals surface area contributed by atoms with Crippen LogP contribution >= 0.6 is 0 Å². The molecule has 2 aliphatic carbocycles. The lowest BCUT2D eigenvalue weighted by Crippen LogP contribution is -2.59. The van der Waals surface area contributed by atoms with Gasteiger partial charge in [-0.25, -0.2) is 18.2 Å². The number of carbonyl (C=O) groups excluding carboxylic acids is 4. The fourth-order valence-corrected chi connectivity index (χ4v) is 9.43. The van der Waals surface area contributed by atoms with E-state index in [0.29, 0.717) is 56.9 Å². The monoisotopic (exact) mass is 863 g/mol. The molecule has 4 aliphatic rings. The van der Waals surface area contributed by atoms with Crippen molar-refractivity contribution >= 4 is 55.5 Å². The number of nitrogens with zero attached hydrogens (tertiary/aromatic N) is 2. The maximum Gasteiger partial charge on any atom is 0.427 e. The van der Waals surface area contributed by atoms with Gasteiger partial charge in [0.25, 0.3) is 5.91 Å². The van der Waals surface area contributed by atoms with Crippen molar-refractivity contribution in [2.24, 2.45) is 17.8 Å². The van der Waals surface area contributed by atoms with Crippen molar-refractivity contribution in [3.8, 4) is 5.88 Å². The summed E-state index contributed by atoms with van der Waals surface area (Å²) >= 11 is 0. The average Bonchev–Trinajstić information content (AvgIpc) is 4.12. The summed E-state index contributed by atoms with van der Waals surface area (Å²) in [6, 6.07) is 12.2. The summed E-state index contributed by atoms with van der Waals surface area (Å²) in [5.41, 5.74) is -3.86. The quantitative estimate of drug-likeness (QED) is 0.161. The molecule has 7 rings (SSSR count). The molecule has 0 radical (unpaired) electrons. The van der Waals surface area contributed by atoms with Crippen LogP contribution in [0, 0.1) is 17.8 Å². The number of aromatic nitrogens is 1. The van der Waals surface area contributed by atoms with Crippen molar-refractivity contribution in [2.45, 2.75) is 127 Å². The Morgan fingerprint density at radius 2 is 1.62 bits per heavy atom. The van der Waals surface area contributed by atoms with E-state index in [0.717, 1.165) is 10.8 Å². The number of halogens is 3. The van der Waals surface area contributed by atoms with Crippen LogP contribution in [0.25, 0.3) is 21.7 Å². The molecule has 3 fully saturated rings. The lowest BCUT2D eigenvalue weighted by Gasteiger charge is -2.34. The van der Waals surface area contributed by atoms with Gasteiger partial charge in [0.15, 0.2) is 0 Å². The highest BCUT2D eigenvalue weighted by Gasteiger charge is 2.62. The number of carbonyl (C=O) groups is 4. The van der Waals surface area contributed by atoms with Gasteiger partial charge in [0.2, 0.25) is 33.3 Å². The SMILES string of the molecule is CC.C[C@@H]1CC/C=C\[C@@H]2C[C@@]2(C(=O)NS(=O)(=O)C2CC2)NC(=O)[C@@H]2C[C@@H](Oc3nc4ccccc4c4ccccc34)CN2C(=O)[C@@H](NC(=O)OC(C)(C)C(F)(F)F)[C@H](C)C1.[HH].[HH].[HH]. The van der Waals surface area contributed by atoms with E-state index >= 15 is 0 Å². The second-order valence-electron chi connectivity index (χ2n) is 16.8. The van der Waals surface area contributed by atoms with Gasteiger partial charge in [-0.05, 0) is 81.7 Å². The summed E-state index contributed by atoms with van der Waals surface area (Å²) in [4.78, 5) is 62.3. The Morgan fingerprint density at radius 3 is 2.28 bits per heavy atom. The highest BCUT2D eigenvalue weighted by Crippen LogP contribution is 2.46. The molecule has 1 aromatic heterocycles. The molecular weight excluding hydrogens is 804 g/mol. The Labute approximate surface area is 352 Å². The first kappa shape index (κ1) is 44.6. The van der Waals surface area contributed by atoms with E-state index < -0.39 is 86.4 Å². The number of alkyl halides is 3. The molecule has 4 amide bonds. The number of hydrogen-bond donors (Lipinski definition) is 3. The van der Waals surface area contributed by atoms with Crippen LogP contribution in [0.5, 0.6) is 5.88 Å². The first-order valence-corrected chi connectivity index (χ1v) is 22.2. The molecule has 2 aliphatic heterocycles. The molecule has 7 atom stereocenters. The van der Waals surface area contributed by atoms with Crippen molar-refractivity contribution in [2.75, 3.05) is 6.54 Å². The largest absolute Gasteiger partial charge is 0.472 e. The number of pyridine rings is 1. The molecule has 2 aromatic carbocycles. The molecule has 0 spiro atoms. The maximum atomic E-state index is 14.8. The van der Waals surface area contributed by atoms with E-state index in [2.05, 4.69) is 15.4 Å². The molecule has 13 nitrogen and oxygen atoms in total. The van der Waals surface area contributed by atoms with Crippen LogP contribution in [0.2, 0.25) is 0 Å². The number of alkyl carbamates (subject to hydrolysis) is 1. The first-order valence-electron chi connectivity index (χ1n) is 20.7. The number of ether oxygens (including phenoxy) is 2. The summed E-state index contributed by atoms with van der Waals surface area (Å²) < 4.78 is 80.6. The normalized spacial score (nSPS) is 28.1. The minimum absolute atomic E-state index is 0. The van der Waals surface area contributed by atoms with Gasteiger partial charge in [-0.3, -0.25) is 19.1 Å². The second kappa shape index (κ2) is 17.2. The van der Waals surface area contributed by atoms with E-state index in [1.54, 1.807) is 13.0 Å². The summed E-state index contributed by atoms with van der Waals surface area (Å²) in [6.45, 7) is 8.85. The van der Waals surface area contributed by atoms with Crippen molar-refractivity contribution in [3.05, 3.63) is 60.7 Å². The Bertz CT molecular complexity index is 2280. The number of rotatable bonds is 7. The molecule has 3 aromatic rings. The Kier molecular flexibility index (Phi) is 12.8. The first-order chi connectivity index (χ1) is 28.3. The number of fused-ring (bicyclic) bond motifs is 5. The summed E-state index contributed by atoms with van der Waals surface area (Å²) in [6.07, 6.45) is -1.16. The molecule has 17 heteroatoms. The summed E-state index contributed by atoms with van der Waals surface area (Å²) in [7, 11) is -3.98. The van der Waals surface area contributed by atoms with Gasteiger partial charge in [0, 0.05) is 27.4 Å². The molecular formula is C43H60F3N5O8S. The minimum atomic E-state index is -4.91.